The zero-order valence-corrected chi connectivity index (χ0v) is 10.00. The minimum Gasteiger partial charge on any atom is -0.381 e. The molecule has 2 heterocycles. The lowest BCUT2D eigenvalue weighted by molar-refractivity contribution is -0.173. The number of carbonyl (C=O) groups is 3. The lowest BCUT2D eigenvalue weighted by Crippen LogP contribution is -2.35. The van der Waals surface area contributed by atoms with Gasteiger partial charge in [-0.15, -0.1) is 0 Å². The van der Waals surface area contributed by atoms with Crippen molar-refractivity contribution in [2.24, 2.45) is 5.92 Å². The average Bonchev–Trinajstić information content (AvgIpc) is 3.03. The normalized spacial score (nSPS) is 21.7. The van der Waals surface area contributed by atoms with Gasteiger partial charge in [-0.1, -0.05) is 17.2 Å². The maximum Gasteiger partial charge on any atom is 0.338 e. The molecule has 3 rings (SSSR count). The highest BCUT2D eigenvalue weighted by Crippen LogP contribution is 2.24. The summed E-state index contributed by atoms with van der Waals surface area (Å²) >= 11 is 0. The highest BCUT2D eigenvalue weighted by Gasteiger charge is 2.40. The van der Waals surface area contributed by atoms with Gasteiger partial charge in [-0.3, -0.25) is 9.59 Å². The van der Waals surface area contributed by atoms with Gasteiger partial charge in [0.1, 0.15) is 0 Å². The Bertz CT molecular complexity index is 527. The molecule has 0 unspecified atom stereocenters. The van der Waals surface area contributed by atoms with Gasteiger partial charge in [0.25, 0.3) is 11.8 Å². The van der Waals surface area contributed by atoms with Crippen LogP contribution < -0.4 is 0 Å². The largest absolute Gasteiger partial charge is 0.381 e. The van der Waals surface area contributed by atoms with E-state index in [4.69, 9.17) is 9.57 Å². The van der Waals surface area contributed by atoms with Crippen LogP contribution in [0.5, 0.6) is 0 Å². The van der Waals surface area contributed by atoms with Crippen molar-refractivity contribution in [3.63, 3.8) is 0 Å². The van der Waals surface area contributed by atoms with E-state index in [0.29, 0.717) is 18.1 Å². The van der Waals surface area contributed by atoms with Crippen molar-refractivity contribution in [1.29, 1.82) is 0 Å². The number of hydroxylamine groups is 2. The SMILES string of the molecule is O=C(ON1C(=O)c2ccccc2C1=O)[C@H]1CCOC1. The fourth-order valence-electron chi connectivity index (χ4n) is 2.13. The number of nitrogens with zero attached hydrogens (tertiary/aromatic N) is 1. The summed E-state index contributed by atoms with van der Waals surface area (Å²) in [5.74, 6) is -2.22. The standard InChI is InChI=1S/C13H11NO5/c15-11-9-3-1-2-4-10(9)12(16)14(11)19-13(17)8-5-6-18-7-8/h1-4,8H,5-7H2/t8-/m0/s1. The Labute approximate surface area is 108 Å². The van der Waals surface area contributed by atoms with Crippen LogP contribution >= 0.6 is 0 Å². The summed E-state index contributed by atoms with van der Waals surface area (Å²) in [7, 11) is 0. The molecule has 98 valence electrons. The molecule has 0 aliphatic carbocycles. The van der Waals surface area contributed by atoms with E-state index in [1.807, 2.05) is 0 Å². The van der Waals surface area contributed by atoms with Gasteiger partial charge >= 0.3 is 5.97 Å². The molecule has 6 heteroatoms. The molecule has 2 aliphatic rings. The van der Waals surface area contributed by atoms with Crippen molar-refractivity contribution in [2.45, 2.75) is 6.42 Å². The van der Waals surface area contributed by atoms with Crippen molar-refractivity contribution in [3.8, 4) is 0 Å². The summed E-state index contributed by atoms with van der Waals surface area (Å²) in [5.41, 5.74) is 0.506. The number of rotatable bonds is 2. The molecule has 6 nitrogen and oxygen atoms in total. The number of carbonyl (C=O) groups excluding carboxylic acids is 3. The predicted octanol–water partition coefficient (Wildman–Crippen LogP) is 0.777. The summed E-state index contributed by atoms with van der Waals surface area (Å²) in [6.45, 7) is 0.754. The first-order chi connectivity index (χ1) is 9.18. The average molecular weight is 261 g/mol. The monoisotopic (exact) mass is 261 g/mol. The molecule has 0 spiro atoms. The second-order valence-electron chi connectivity index (χ2n) is 4.42. The molecule has 1 fully saturated rings. The zero-order valence-electron chi connectivity index (χ0n) is 10.00. The van der Waals surface area contributed by atoms with Gasteiger partial charge in [0.2, 0.25) is 0 Å². The third-order valence-electron chi connectivity index (χ3n) is 3.20. The number of imide groups is 1. The summed E-state index contributed by atoms with van der Waals surface area (Å²) in [4.78, 5) is 40.6. The Morgan fingerprint density at radius 3 is 2.37 bits per heavy atom. The van der Waals surface area contributed by atoms with E-state index >= 15 is 0 Å². The van der Waals surface area contributed by atoms with E-state index < -0.39 is 23.7 Å². The van der Waals surface area contributed by atoms with Crippen LogP contribution in [0.15, 0.2) is 24.3 Å². The number of amides is 2. The molecule has 0 radical (unpaired) electrons. The van der Waals surface area contributed by atoms with Crippen LogP contribution in [-0.4, -0.2) is 36.1 Å². The van der Waals surface area contributed by atoms with Crippen molar-refractivity contribution < 1.29 is 24.0 Å². The Hall–Kier alpha value is -2.21. The molecule has 2 aliphatic heterocycles. The first-order valence-corrected chi connectivity index (χ1v) is 5.96. The van der Waals surface area contributed by atoms with Crippen molar-refractivity contribution >= 4 is 17.8 Å². The number of ether oxygens (including phenoxy) is 1. The molecular formula is C13H11NO5. The van der Waals surface area contributed by atoms with Crippen molar-refractivity contribution in [3.05, 3.63) is 35.4 Å². The smallest absolute Gasteiger partial charge is 0.338 e. The molecule has 2 amide bonds. The maximum absolute atomic E-state index is 12.0. The van der Waals surface area contributed by atoms with Gasteiger partial charge in [-0.25, -0.2) is 4.79 Å². The van der Waals surface area contributed by atoms with Crippen LogP contribution in [0.2, 0.25) is 0 Å². The maximum atomic E-state index is 12.0. The van der Waals surface area contributed by atoms with Crippen LogP contribution in [0.3, 0.4) is 0 Å². The van der Waals surface area contributed by atoms with Gasteiger partial charge in [0, 0.05) is 6.61 Å². The number of benzene rings is 1. The molecule has 0 aromatic heterocycles. The molecule has 0 bridgehead atoms. The van der Waals surface area contributed by atoms with Gasteiger partial charge in [0.15, 0.2) is 0 Å². The molecule has 1 aromatic rings. The highest BCUT2D eigenvalue weighted by atomic mass is 16.7. The molecular weight excluding hydrogens is 250 g/mol. The summed E-state index contributed by atoms with van der Waals surface area (Å²) < 4.78 is 5.07. The van der Waals surface area contributed by atoms with Crippen molar-refractivity contribution in [2.75, 3.05) is 13.2 Å². The van der Waals surface area contributed by atoms with Gasteiger partial charge < -0.3 is 9.57 Å². The molecule has 1 saturated heterocycles. The Kier molecular flexibility index (Phi) is 2.79. The van der Waals surface area contributed by atoms with Crippen LogP contribution in [0.1, 0.15) is 27.1 Å². The third kappa shape index (κ3) is 1.90. The minimum atomic E-state index is -0.605. The lowest BCUT2D eigenvalue weighted by atomic mass is 10.1. The quantitative estimate of drug-likeness (QED) is 0.735. The van der Waals surface area contributed by atoms with Crippen LogP contribution in [-0.2, 0) is 14.4 Å². The molecule has 1 atom stereocenters. The van der Waals surface area contributed by atoms with E-state index in [0.717, 1.165) is 0 Å². The Morgan fingerprint density at radius 2 is 1.84 bits per heavy atom. The van der Waals surface area contributed by atoms with Crippen molar-refractivity contribution in [1.82, 2.24) is 5.06 Å². The van der Waals surface area contributed by atoms with Crippen LogP contribution in [0, 0.1) is 5.92 Å². The van der Waals surface area contributed by atoms with Crippen LogP contribution in [0.25, 0.3) is 0 Å². The summed E-state index contributed by atoms with van der Waals surface area (Å²) in [5, 5.41) is 0.533. The zero-order chi connectivity index (χ0) is 13.4. The number of fused-ring (bicyclic) bond motifs is 1. The second kappa shape index (κ2) is 4.47. The topological polar surface area (TPSA) is 72.9 Å². The van der Waals surface area contributed by atoms with E-state index in [1.54, 1.807) is 12.1 Å². The molecule has 0 N–H and O–H groups in total. The molecule has 0 saturated carbocycles. The lowest BCUT2D eigenvalue weighted by Gasteiger charge is -2.14. The second-order valence-corrected chi connectivity index (χ2v) is 4.42. The van der Waals surface area contributed by atoms with E-state index in [9.17, 15) is 14.4 Å². The molecule has 1 aromatic carbocycles. The highest BCUT2D eigenvalue weighted by molar-refractivity contribution is 6.20. The fraction of sp³-hybridized carbons (Fsp3) is 0.308. The number of hydrogen-bond donors (Lipinski definition) is 0. The van der Waals surface area contributed by atoms with E-state index in [-0.39, 0.29) is 17.7 Å². The van der Waals surface area contributed by atoms with E-state index in [1.165, 1.54) is 12.1 Å². The molecule has 19 heavy (non-hydrogen) atoms. The summed E-state index contributed by atoms with van der Waals surface area (Å²) in [6.07, 6.45) is 0.544. The van der Waals surface area contributed by atoms with Crippen LogP contribution in [0.4, 0.5) is 0 Å². The predicted molar refractivity (Wildman–Crippen MR) is 62.0 cm³/mol. The summed E-state index contributed by atoms with van der Waals surface area (Å²) in [6, 6.07) is 6.37. The van der Waals surface area contributed by atoms with E-state index in [2.05, 4.69) is 0 Å². The Balaban J connectivity index is 1.78. The van der Waals surface area contributed by atoms with Gasteiger partial charge in [-0.05, 0) is 18.6 Å². The Morgan fingerprint density at radius 1 is 1.21 bits per heavy atom. The van der Waals surface area contributed by atoms with Gasteiger partial charge in [0.05, 0.1) is 23.7 Å². The fourth-order valence-corrected chi connectivity index (χ4v) is 2.13. The first kappa shape index (κ1) is 11.9. The first-order valence-electron chi connectivity index (χ1n) is 5.96. The minimum absolute atomic E-state index is 0.253. The number of hydrogen-bond acceptors (Lipinski definition) is 5. The van der Waals surface area contributed by atoms with Gasteiger partial charge in [-0.2, -0.15) is 0 Å². The third-order valence-corrected chi connectivity index (χ3v) is 3.20.